The van der Waals surface area contributed by atoms with Crippen molar-refractivity contribution >= 4 is 28.7 Å². The van der Waals surface area contributed by atoms with Gasteiger partial charge in [0.25, 0.3) is 5.91 Å². The lowest BCUT2D eigenvalue weighted by Crippen LogP contribution is -2.30. The number of fused-ring (bicyclic) bond motifs is 1. The Bertz CT molecular complexity index is 1390. The summed E-state index contributed by atoms with van der Waals surface area (Å²) < 4.78 is 20.3. The Morgan fingerprint density at radius 1 is 1.05 bits per heavy atom. The molecule has 204 valence electrons. The molecule has 0 saturated carbocycles. The second kappa shape index (κ2) is 11.2. The summed E-state index contributed by atoms with van der Waals surface area (Å²) in [7, 11) is 2.49. The van der Waals surface area contributed by atoms with E-state index in [0.717, 1.165) is 5.56 Å². The number of aromatic nitrogens is 1. The minimum atomic E-state index is -1.60. The van der Waals surface area contributed by atoms with E-state index in [-0.39, 0.29) is 17.9 Å². The Hall–Kier alpha value is -3.89. The highest BCUT2D eigenvalue weighted by molar-refractivity contribution is 6.06. The van der Waals surface area contributed by atoms with Crippen molar-refractivity contribution in [2.24, 2.45) is 0 Å². The standard InChI is InChI=1S/C28H34N2O8/c1-27(2,3)18-12-19(28(4,5)15-37-25(33)35-6)22(38-26(34)36-7)13-21(18)30-24(32)17-14-29-20-11-9-8-10-16(20)23(17)31/h8-14,26,34H,15H2,1-7H3,(H,29,31)(H,30,32). The number of benzene rings is 2. The number of pyridine rings is 1. The van der Waals surface area contributed by atoms with E-state index in [4.69, 9.17) is 14.2 Å². The molecular formula is C28H34N2O8. The molecule has 1 amide bonds. The van der Waals surface area contributed by atoms with Gasteiger partial charge in [-0.15, -0.1) is 0 Å². The van der Waals surface area contributed by atoms with Gasteiger partial charge in [0, 0.05) is 46.9 Å². The lowest BCUT2D eigenvalue weighted by Gasteiger charge is -2.31. The van der Waals surface area contributed by atoms with Crippen LogP contribution in [0, 0.1) is 0 Å². The zero-order chi connectivity index (χ0) is 28.3. The fourth-order valence-electron chi connectivity index (χ4n) is 3.99. The Morgan fingerprint density at radius 2 is 1.74 bits per heavy atom. The normalized spacial score (nSPS) is 12.6. The van der Waals surface area contributed by atoms with Crippen LogP contribution in [0.2, 0.25) is 0 Å². The largest absolute Gasteiger partial charge is 0.508 e. The number of aliphatic hydroxyl groups excluding tert-OH is 1. The molecule has 10 heteroatoms. The monoisotopic (exact) mass is 526 g/mol. The van der Waals surface area contributed by atoms with Crippen molar-refractivity contribution in [1.82, 2.24) is 4.98 Å². The van der Waals surface area contributed by atoms with Crippen molar-refractivity contribution in [3.05, 3.63) is 69.5 Å². The van der Waals surface area contributed by atoms with Gasteiger partial charge in [-0.2, -0.15) is 0 Å². The van der Waals surface area contributed by atoms with Gasteiger partial charge in [-0.25, -0.2) is 4.79 Å². The van der Waals surface area contributed by atoms with Crippen LogP contribution in [0.1, 0.15) is 56.1 Å². The minimum Gasteiger partial charge on any atom is -0.441 e. The Labute approximate surface area is 220 Å². The predicted molar refractivity (Wildman–Crippen MR) is 143 cm³/mol. The van der Waals surface area contributed by atoms with E-state index in [1.54, 1.807) is 30.3 Å². The third-order valence-electron chi connectivity index (χ3n) is 6.08. The van der Waals surface area contributed by atoms with Gasteiger partial charge in [0.1, 0.15) is 17.9 Å². The highest BCUT2D eigenvalue weighted by Crippen LogP contribution is 2.41. The van der Waals surface area contributed by atoms with Crippen LogP contribution in [0.15, 0.2) is 47.4 Å². The molecule has 3 rings (SSSR count). The van der Waals surface area contributed by atoms with Crippen LogP contribution in [0.25, 0.3) is 10.9 Å². The molecule has 0 spiro atoms. The molecule has 0 saturated heterocycles. The van der Waals surface area contributed by atoms with Crippen molar-refractivity contribution in [3.63, 3.8) is 0 Å². The number of aliphatic hydroxyl groups is 1. The first-order valence-electron chi connectivity index (χ1n) is 12.0. The van der Waals surface area contributed by atoms with Crippen molar-refractivity contribution in [1.29, 1.82) is 0 Å². The molecule has 0 aliphatic carbocycles. The zero-order valence-electron chi connectivity index (χ0n) is 22.6. The van der Waals surface area contributed by atoms with E-state index < -0.39 is 34.8 Å². The molecule has 1 atom stereocenters. The van der Waals surface area contributed by atoms with Gasteiger partial charge < -0.3 is 34.4 Å². The summed E-state index contributed by atoms with van der Waals surface area (Å²) in [4.78, 5) is 41.0. The predicted octanol–water partition coefficient (Wildman–Crippen LogP) is 4.44. The summed E-state index contributed by atoms with van der Waals surface area (Å²) in [5.41, 5.74) is 0.584. The molecular weight excluding hydrogens is 492 g/mol. The maximum atomic E-state index is 13.3. The maximum absolute atomic E-state index is 13.3. The second-order valence-corrected chi connectivity index (χ2v) is 10.5. The summed E-state index contributed by atoms with van der Waals surface area (Å²) in [6.45, 7) is 7.90. The molecule has 3 aromatic rings. The molecule has 0 fully saturated rings. The summed E-state index contributed by atoms with van der Waals surface area (Å²) in [5.74, 6) is -0.421. The Kier molecular flexibility index (Phi) is 8.48. The average molecular weight is 527 g/mol. The number of anilines is 1. The van der Waals surface area contributed by atoms with Gasteiger partial charge in [-0.3, -0.25) is 9.59 Å². The van der Waals surface area contributed by atoms with E-state index in [0.29, 0.717) is 22.2 Å². The topological polar surface area (TPSA) is 136 Å². The number of nitrogens with one attached hydrogen (secondary N) is 2. The number of para-hydroxylation sites is 1. The van der Waals surface area contributed by atoms with Crippen LogP contribution in [-0.2, 0) is 25.0 Å². The van der Waals surface area contributed by atoms with Crippen LogP contribution in [-0.4, -0.2) is 49.5 Å². The van der Waals surface area contributed by atoms with E-state index in [9.17, 15) is 19.5 Å². The van der Waals surface area contributed by atoms with E-state index >= 15 is 0 Å². The van der Waals surface area contributed by atoms with Crippen LogP contribution in [0.4, 0.5) is 10.5 Å². The molecule has 0 bridgehead atoms. The van der Waals surface area contributed by atoms with Gasteiger partial charge in [-0.05, 0) is 29.2 Å². The van der Waals surface area contributed by atoms with Crippen molar-refractivity contribution in [2.45, 2.75) is 51.9 Å². The van der Waals surface area contributed by atoms with Crippen LogP contribution in [0.3, 0.4) is 0 Å². The first-order valence-corrected chi connectivity index (χ1v) is 12.0. The number of H-pyrrole nitrogens is 1. The lowest BCUT2D eigenvalue weighted by molar-refractivity contribution is -0.200. The molecule has 10 nitrogen and oxygen atoms in total. The maximum Gasteiger partial charge on any atom is 0.508 e. The number of ether oxygens (including phenoxy) is 4. The first-order chi connectivity index (χ1) is 17.8. The van der Waals surface area contributed by atoms with Gasteiger partial charge >= 0.3 is 12.6 Å². The summed E-state index contributed by atoms with van der Waals surface area (Å²) in [5, 5.41) is 13.3. The Morgan fingerprint density at radius 3 is 2.37 bits per heavy atom. The summed E-state index contributed by atoms with van der Waals surface area (Å²) in [6, 6.07) is 10.3. The molecule has 0 aliphatic rings. The SMILES string of the molecule is COC(=O)OCC(C)(C)c1cc(C(C)(C)C)c(NC(=O)c2c[nH]c3ccccc3c2=O)cc1OC(O)OC. The number of carbonyl (C=O) groups excluding carboxylic acids is 2. The van der Waals surface area contributed by atoms with Gasteiger partial charge in [0.15, 0.2) is 0 Å². The summed E-state index contributed by atoms with van der Waals surface area (Å²) >= 11 is 0. The van der Waals surface area contributed by atoms with E-state index in [1.165, 1.54) is 20.4 Å². The fourth-order valence-corrected chi connectivity index (χ4v) is 3.99. The number of hydrogen-bond acceptors (Lipinski definition) is 8. The number of carbonyl (C=O) groups is 2. The molecule has 2 aromatic carbocycles. The summed E-state index contributed by atoms with van der Waals surface area (Å²) in [6.07, 6.45) is 0.544. The molecule has 1 aromatic heterocycles. The van der Waals surface area contributed by atoms with Crippen molar-refractivity contribution < 1.29 is 33.6 Å². The molecule has 0 radical (unpaired) electrons. The Balaban J connectivity index is 2.12. The highest BCUT2D eigenvalue weighted by Gasteiger charge is 2.32. The van der Waals surface area contributed by atoms with Crippen LogP contribution < -0.4 is 15.5 Å². The molecule has 0 aliphatic heterocycles. The highest BCUT2D eigenvalue weighted by atomic mass is 16.8. The number of rotatable bonds is 8. The first kappa shape index (κ1) is 28.7. The lowest BCUT2D eigenvalue weighted by atomic mass is 9.78. The smallest absolute Gasteiger partial charge is 0.441 e. The number of amides is 1. The number of methoxy groups -OCH3 is 2. The third kappa shape index (κ3) is 6.32. The number of aromatic amines is 1. The van der Waals surface area contributed by atoms with Gasteiger partial charge in [0.05, 0.1) is 7.11 Å². The fraction of sp³-hybridized carbons (Fsp3) is 0.393. The van der Waals surface area contributed by atoms with Crippen molar-refractivity contribution in [2.75, 3.05) is 26.1 Å². The number of hydrogen-bond donors (Lipinski definition) is 3. The molecule has 1 unspecified atom stereocenters. The molecule has 38 heavy (non-hydrogen) atoms. The minimum absolute atomic E-state index is 0.0547. The average Bonchev–Trinajstić information content (AvgIpc) is 2.86. The second-order valence-electron chi connectivity index (χ2n) is 10.5. The van der Waals surface area contributed by atoms with E-state index in [2.05, 4.69) is 15.0 Å². The molecule has 3 N–H and O–H groups in total. The van der Waals surface area contributed by atoms with E-state index in [1.807, 2.05) is 40.7 Å². The zero-order valence-corrected chi connectivity index (χ0v) is 22.6. The van der Waals surface area contributed by atoms with Crippen LogP contribution in [0.5, 0.6) is 5.75 Å². The quantitative estimate of drug-likeness (QED) is 0.290. The van der Waals surface area contributed by atoms with Gasteiger partial charge in [-0.1, -0.05) is 46.8 Å². The third-order valence-corrected chi connectivity index (χ3v) is 6.08. The van der Waals surface area contributed by atoms with Crippen molar-refractivity contribution in [3.8, 4) is 5.75 Å². The molecule has 1 heterocycles. The van der Waals surface area contributed by atoms with Crippen LogP contribution >= 0.6 is 0 Å². The van der Waals surface area contributed by atoms with Gasteiger partial charge in [0.2, 0.25) is 5.43 Å².